The second-order valence-electron chi connectivity index (χ2n) is 6.57. The summed E-state index contributed by atoms with van der Waals surface area (Å²) in [4.78, 5) is 0. The summed E-state index contributed by atoms with van der Waals surface area (Å²) >= 11 is 0. The lowest BCUT2D eigenvalue weighted by molar-refractivity contribution is 0.568. The van der Waals surface area contributed by atoms with Crippen molar-refractivity contribution >= 4 is 35.8 Å². The smallest absolute Gasteiger partial charge is 0.178 e. The fraction of sp³-hybridized carbons (Fsp3) is 1.00. The second-order valence-corrected chi connectivity index (χ2v) is 23.7. The largest absolute Gasteiger partial charge is 0.227 e. The lowest BCUT2D eigenvalue weighted by Crippen LogP contribution is -2.71. The van der Waals surface area contributed by atoms with Gasteiger partial charge in [0.25, 0.3) is 0 Å². The zero-order valence-electron chi connectivity index (χ0n) is 10.6. The van der Waals surface area contributed by atoms with Gasteiger partial charge in [-0.3, -0.25) is 0 Å². The van der Waals surface area contributed by atoms with Crippen LogP contribution in [0.3, 0.4) is 0 Å². The molecule has 1 rings (SSSR count). The Hall–Kier alpha value is 0.334. The topological polar surface area (TPSA) is 68.3 Å². The van der Waals surface area contributed by atoms with Gasteiger partial charge < -0.3 is 0 Å². The van der Waals surface area contributed by atoms with E-state index in [1.54, 1.807) is 39.3 Å². The van der Waals surface area contributed by atoms with Crippen molar-refractivity contribution in [2.75, 3.05) is 0 Å². The Balaban J connectivity index is 3.39. The van der Waals surface area contributed by atoms with Crippen LogP contribution >= 0.6 is 0 Å². The Morgan fingerprint density at radius 1 is 0.625 bits per heavy atom. The number of hydrogen-bond donors (Lipinski definition) is 0. The highest BCUT2D eigenvalue weighted by Gasteiger charge is 2.68. The molecule has 1 aliphatic heterocycles. The van der Waals surface area contributed by atoms with E-state index in [0.29, 0.717) is 0 Å². The van der Waals surface area contributed by atoms with Crippen molar-refractivity contribution in [2.24, 2.45) is 0 Å². The maximum absolute atomic E-state index is 12.1. The standard InChI is InChI=1S/C8H20O4S2Si2/c1-15(2,3)7-13(9,10)8(14(7,11)12)16(4,5)6/h7-8H,1-6H3. The highest BCUT2D eigenvalue weighted by atomic mass is 32.3. The second kappa shape index (κ2) is 3.42. The fourth-order valence-electron chi connectivity index (χ4n) is 2.52. The molecule has 0 aliphatic carbocycles. The monoisotopic (exact) mass is 300 g/mol. The zero-order valence-corrected chi connectivity index (χ0v) is 14.2. The molecule has 0 unspecified atom stereocenters. The average Bonchev–Trinajstić information content (AvgIpc) is 1.69. The molecule has 4 nitrogen and oxygen atoms in total. The van der Waals surface area contributed by atoms with Gasteiger partial charge in [-0.1, -0.05) is 39.3 Å². The van der Waals surface area contributed by atoms with E-state index in [1.807, 2.05) is 0 Å². The first-order valence-corrected chi connectivity index (χ1v) is 15.6. The number of rotatable bonds is 2. The van der Waals surface area contributed by atoms with Gasteiger partial charge in [0.1, 0.15) is 0 Å². The normalized spacial score (nSPS) is 33.1. The van der Waals surface area contributed by atoms with Crippen LogP contribution in [0, 0.1) is 0 Å². The first-order valence-electron chi connectivity index (χ1n) is 5.19. The summed E-state index contributed by atoms with van der Waals surface area (Å²) < 4.78 is 46.4. The predicted octanol–water partition coefficient (Wildman–Crippen LogP) is 1.24. The van der Waals surface area contributed by atoms with Gasteiger partial charge >= 0.3 is 0 Å². The van der Waals surface area contributed by atoms with Crippen molar-refractivity contribution in [2.45, 2.75) is 47.7 Å². The molecule has 0 bridgehead atoms. The quantitative estimate of drug-likeness (QED) is 0.720. The molecule has 0 N–H and O–H groups in total. The summed E-state index contributed by atoms with van der Waals surface area (Å²) in [5.41, 5.74) is 0. The number of hydrogen-bond acceptors (Lipinski definition) is 4. The molecular formula is C8H20O4S2Si2. The van der Waals surface area contributed by atoms with E-state index < -0.39 is 44.2 Å². The van der Waals surface area contributed by atoms with Crippen LogP contribution in [0.15, 0.2) is 0 Å². The molecule has 0 amide bonds. The van der Waals surface area contributed by atoms with Crippen LogP contribution in [0.25, 0.3) is 0 Å². The molecule has 0 aromatic rings. The first kappa shape index (κ1) is 14.4. The van der Waals surface area contributed by atoms with Crippen LogP contribution in [0.2, 0.25) is 39.3 Å². The molecule has 0 saturated carbocycles. The van der Waals surface area contributed by atoms with Gasteiger partial charge in [0.2, 0.25) is 0 Å². The molecule has 96 valence electrons. The van der Waals surface area contributed by atoms with Gasteiger partial charge in [-0.15, -0.1) is 0 Å². The van der Waals surface area contributed by atoms with E-state index in [1.165, 1.54) is 0 Å². The van der Waals surface area contributed by atoms with Crippen molar-refractivity contribution in [1.29, 1.82) is 0 Å². The van der Waals surface area contributed by atoms with Crippen molar-refractivity contribution in [3.05, 3.63) is 0 Å². The van der Waals surface area contributed by atoms with Crippen LogP contribution in [0.5, 0.6) is 0 Å². The summed E-state index contributed by atoms with van der Waals surface area (Å²) in [6.07, 6.45) is 0. The van der Waals surface area contributed by atoms with E-state index in [4.69, 9.17) is 0 Å². The third kappa shape index (κ3) is 1.93. The van der Waals surface area contributed by atoms with E-state index >= 15 is 0 Å². The molecule has 1 saturated heterocycles. The minimum absolute atomic E-state index is 1.08. The van der Waals surface area contributed by atoms with Crippen molar-refractivity contribution in [3.63, 3.8) is 0 Å². The Morgan fingerprint density at radius 3 is 0.938 bits per heavy atom. The highest BCUT2D eigenvalue weighted by Crippen LogP contribution is 2.43. The average molecular weight is 301 g/mol. The minimum Gasteiger partial charge on any atom is -0.227 e. The third-order valence-corrected chi connectivity index (χ3v) is 23.5. The van der Waals surface area contributed by atoms with E-state index in [2.05, 4.69) is 0 Å². The minimum atomic E-state index is -3.45. The third-order valence-electron chi connectivity index (χ3n) is 2.61. The zero-order chi connectivity index (χ0) is 13.2. The summed E-state index contributed by atoms with van der Waals surface area (Å²) in [5.74, 6) is 0. The lowest BCUT2D eigenvalue weighted by atomic mass is 11.7. The molecule has 16 heavy (non-hydrogen) atoms. The number of sulfone groups is 2. The molecule has 1 aliphatic rings. The molecule has 0 radical (unpaired) electrons. The summed E-state index contributed by atoms with van der Waals surface area (Å²) in [6, 6.07) is 0. The van der Waals surface area contributed by atoms with Gasteiger partial charge in [-0.05, 0) is 0 Å². The Labute approximate surface area is 100 Å². The first-order chi connectivity index (χ1) is 6.73. The van der Waals surface area contributed by atoms with Crippen LogP contribution in [-0.2, 0) is 19.7 Å². The highest BCUT2D eigenvalue weighted by molar-refractivity contribution is 8.29. The summed E-state index contributed by atoms with van der Waals surface area (Å²) in [7, 11) is -11.3. The molecule has 8 heteroatoms. The lowest BCUT2D eigenvalue weighted by Gasteiger charge is -2.45. The summed E-state index contributed by atoms with van der Waals surface area (Å²) in [5, 5.41) is 0. The van der Waals surface area contributed by atoms with Gasteiger partial charge in [0.15, 0.2) is 28.1 Å². The van der Waals surface area contributed by atoms with Crippen molar-refractivity contribution in [1.82, 2.24) is 0 Å². The molecule has 0 atom stereocenters. The van der Waals surface area contributed by atoms with E-state index in [-0.39, 0.29) is 0 Å². The predicted molar refractivity (Wildman–Crippen MR) is 72.1 cm³/mol. The maximum atomic E-state index is 12.1. The van der Waals surface area contributed by atoms with Crippen LogP contribution in [-0.4, -0.2) is 41.4 Å². The van der Waals surface area contributed by atoms with Gasteiger partial charge in [-0.2, -0.15) is 0 Å². The molecule has 0 spiro atoms. The Kier molecular flexibility index (Phi) is 3.08. The van der Waals surface area contributed by atoms with Gasteiger partial charge in [0, 0.05) is 0 Å². The Morgan fingerprint density at radius 2 is 0.812 bits per heavy atom. The van der Waals surface area contributed by atoms with Gasteiger partial charge in [-0.25, -0.2) is 16.8 Å². The maximum Gasteiger partial charge on any atom is 0.178 e. The molecule has 0 aromatic heterocycles. The van der Waals surface area contributed by atoms with Crippen LogP contribution in [0.1, 0.15) is 0 Å². The van der Waals surface area contributed by atoms with Crippen LogP contribution < -0.4 is 0 Å². The molecule has 1 heterocycles. The van der Waals surface area contributed by atoms with E-state index in [9.17, 15) is 16.8 Å². The fourth-order valence-corrected chi connectivity index (χ4v) is 25.9. The van der Waals surface area contributed by atoms with Crippen LogP contribution in [0.4, 0.5) is 0 Å². The van der Waals surface area contributed by atoms with Crippen molar-refractivity contribution < 1.29 is 16.8 Å². The summed E-state index contributed by atoms with van der Waals surface area (Å²) in [6.45, 7) is 10.8. The molecule has 0 aromatic carbocycles. The van der Waals surface area contributed by atoms with E-state index in [0.717, 1.165) is 0 Å². The molecular weight excluding hydrogens is 280 g/mol. The van der Waals surface area contributed by atoms with Gasteiger partial charge in [0.05, 0.1) is 16.1 Å². The van der Waals surface area contributed by atoms with Crippen molar-refractivity contribution in [3.8, 4) is 0 Å². The SMILES string of the molecule is C[Si](C)(C)C1S(=O)(=O)C([Si](C)(C)C)S1(=O)=O. The Bertz CT molecular complexity index is 425. The molecule has 1 fully saturated rings.